The van der Waals surface area contributed by atoms with Crippen molar-refractivity contribution < 1.29 is 20.4 Å². The molecule has 0 radical (unpaired) electrons. The van der Waals surface area contributed by atoms with Gasteiger partial charge in [-0.15, -0.1) is 0 Å². The van der Waals surface area contributed by atoms with E-state index in [9.17, 15) is 0 Å². The first-order valence-electron chi connectivity index (χ1n) is 2.94. The molecule has 41 valence electrons. The van der Waals surface area contributed by atoms with Crippen LogP contribution in [0.4, 0.5) is 0 Å². The Labute approximate surface area is 62.1 Å². The Hall–Kier alpha value is 0.194. The van der Waals surface area contributed by atoms with E-state index >= 15 is 0 Å². The van der Waals surface area contributed by atoms with Crippen molar-refractivity contribution in [3.05, 3.63) is 21.6 Å². The summed E-state index contributed by atoms with van der Waals surface area (Å²) in [5.74, 6) is 0. The summed E-state index contributed by atoms with van der Waals surface area (Å²) >= 11 is 2.21. The molecule has 0 saturated carbocycles. The van der Waals surface area contributed by atoms with Crippen molar-refractivity contribution in [3.8, 4) is 0 Å². The summed E-state index contributed by atoms with van der Waals surface area (Å²) in [5, 5.41) is 0. The van der Waals surface area contributed by atoms with E-state index < -0.39 is 0 Å². The third kappa shape index (κ3) is 1.12. The second-order valence-electron chi connectivity index (χ2n) is 1.96. The molecule has 0 heterocycles. The van der Waals surface area contributed by atoms with E-state index in [2.05, 4.69) is 39.5 Å². The average Bonchev–Trinajstić information content (AvgIpc) is 2.14. The topological polar surface area (TPSA) is 0 Å². The summed E-state index contributed by atoms with van der Waals surface area (Å²) in [7, 11) is 0. The van der Waals surface area contributed by atoms with Gasteiger partial charge in [-0.25, -0.2) is 0 Å². The minimum atomic E-state index is 1.18. The Morgan fingerprint density at radius 2 is 2.50 bits per heavy atom. The van der Waals surface area contributed by atoms with Gasteiger partial charge in [0.05, 0.1) is 0 Å². The van der Waals surface area contributed by atoms with E-state index in [0.717, 1.165) is 0 Å². The zero-order valence-corrected chi connectivity index (χ0v) is 6.63. The number of allylic oxidation sites excluding steroid dienone is 4. The Morgan fingerprint density at radius 1 is 1.75 bits per heavy atom. The molecular formula is C7H9Ti. The van der Waals surface area contributed by atoms with E-state index in [-0.39, 0.29) is 0 Å². The summed E-state index contributed by atoms with van der Waals surface area (Å²) in [6.45, 7) is 2.20. The van der Waals surface area contributed by atoms with Crippen LogP contribution in [0.3, 0.4) is 0 Å². The molecule has 0 amide bonds. The van der Waals surface area contributed by atoms with Gasteiger partial charge >= 0.3 is 61.8 Å². The molecule has 0 aliphatic heterocycles. The van der Waals surface area contributed by atoms with E-state index in [0.29, 0.717) is 0 Å². The van der Waals surface area contributed by atoms with Crippen LogP contribution in [-0.2, 0) is 20.4 Å². The average molecular weight is 141 g/mol. The molecule has 0 spiro atoms. The SMILES string of the molecule is CCC1=[C]([Ti])CC=C1. The molecule has 0 aromatic heterocycles. The molecule has 8 heavy (non-hydrogen) atoms. The summed E-state index contributed by atoms with van der Waals surface area (Å²) in [4.78, 5) is 0. The zero-order chi connectivity index (χ0) is 5.98. The van der Waals surface area contributed by atoms with Crippen molar-refractivity contribution in [2.24, 2.45) is 0 Å². The van der Waals surface area contributed by atoms with Crippen molar-refractivity contribution in [2.45, 2.75) is 19.8 Å². The van der Waals surface area contributed by atoms with Crippen molar-refractivity contribution in [1.29, 1.82) is 0 Å². The van der Waals surface area contributed by atoms with Crippen molar-refractivity contribution in [1.82, 2.24) is 0 Å². The minimum absolute atomic E-state index is 1.18. The second kappa shape index (κ2) is 2.66. The summed E-state index contributed by atoms with van der Waals surface area (Å²) < 4.78 is 1.55. The van der Waals surface area contributed by atoms with Gasteiger partial charge in [-0.3, -0.25) is 0 Å². The van der Waals surface area contributed by atoms with Crippen LogP contribution < -0.4 is 0 Å². The quantitative estimate of drug-likeness (QED) is 0.491. The molecule has 0 nitrogen and oxygen atoms in total. The first-order valence-corrected chi connectivity index (χ1v) is 3.73. The van der Waals surface area contributed by atoms with Gasteiger partial charge in [-0.1, -0.05) is 0 Å². The van der Waals surface area contributed by atoms with Crippen LogP contribution in [0.25, 0.3) is 0 Å². The third-order valence-corrected chi connectivity index (χ3v) is 2.23. The number of rotatable bonds is 1. The maximum atomic E-state index is 2.23. The Balaban J connectivity index is 2.70. The fourth-order valence-corrected chi connectivity index (χ4v) is 1.47. The number of hydrogen-bond donors (Lipinski definition) is 0. The molecule has 0 unspecified atom stereocenters. The second-order valence-corrected chi connectivity index (χ2v) is 2.91. The fourth-order valence-electron chi connectivity index (χ4n) is 0.882. The molecular weight excluding hydrogens is 132 g/mol. The van der Waals surface area contributed by atoms with Crippen LogP contribution in [0.1, 0.15) is 19.8 Å². The Bertz CT molecular complexity index is 142. The zero-order valence-electron chi connectivity index (χ0n) is 5.07. The molecule has 0 fully saturated rings. The van der Waals surface area contributed by atoms with Crippen LogP contribution in [-0.4, -0.2) is 0 Å². The Morgan fingerprint density at radius 3 is 2.75 bits per heavy atom. The Kier molecular flexibility index (Phi) is 2.10. The molecule has 1 heteroatoms. The summed E-state index contributed by atoms with van der Waals surface area (Å²) in [6.07, 6.45) is 6.84. The maximum absolute atomic E-state index is 2.23. The summed E-state index contributed by atoms with van der Waals surface area (Å²) in [5.41, 5.74) is 1.53. The number of hydrogen-bond acceptors (Lipinski definition) is 0. The molecule has 0 bridgehead atoms. The molecule has 0 aromatic carbocycles. The van der Waals surface area contributed by atoms with Crippen LogP contribution in [0.5, 0.6) is 0 Å². The van der Waals surface area contributed by atoms with E-state index in [1.807, 2.05) is 0 Å². The van der Waals surface area contributed by atoms with Gasteiger partial charge in [-0.05, 0) is 0 Å². The van der Waals surface area contributed by atoms with Gasteiger partial charge in [0.2, 0.25) is 0 Å². The van der Waals surface area contributed by atoms with Crippen LogP contribution in [0, 0.1) is 0 Å². The van der Waals surface area contributed by atoms with Crippen molar-refractivity contribution in [2.75, 3.05) is 0 Å². The van der Waals surface area contributed by atoms with Crippen LogP contribution in [0.2, 0.25) is 0 Å². The van der Waals surface area contributed by atoms with Crippen LogP contribution in [0.15, 0.2) is 21.6 Å². The predicted molar refractivity (Wildman–Crippen MR) is 31.1 cm³/mol. The third-order valence-electron chi connectivity index (χ3n) is 1.41. The first kappa shape index (κ1) is 6.32. The molecule has 1 aliphatic carbocycles. The molecule has 1 rings (SSSR count). The van der Waals surface area contributed by atoms with Gasteiger partial charge in [0, 0.05) is 0 Å². The van der Waals surface area contributed by atoms with Gasteiger partial charge in [0.1, 0.15) is 0 Å². The van der Waals surface area contributed by atoms with Gasteiger partial charge in [0.25, 0.3) is 0 Å². The van der Waals surface area contributed by atoms with Crippen molar-refractivity contribution in [3.63, 3.8) is 0 Å². The summed E-state index contributed by atoms with van der Waals surface area (Å²) in [6, 6.07) is 0. The first-order chi connectivity index (χ1) is 3.84. The van der Waals surface area contributed by atoms with Crippen LogP contribution >= 0.6 is 0 Å². The molecule has 0 aromatic rings. The monoisotopic (exact) mass is 141 g/mol. The predicted octanol–water partition coefficient (Wildman–Crippen LogP) is 2.16. The van der Waals surface area contributed by atoms with E-state index in [1.54, 1.807) is 3.88 Å². The molecule has 1 aliphatic rings. The van der Waals surface area contributed by atoms with Gasteiger partial charge in [0.15, 0.2) is 0 Å². The molecule has 0 atom stereocenters. The van der Waals surface area contributed by atoms with Crippen molar-refractivity contribution >= 4 is 0 Å². The van der Waals surface area contributed by atoms with Gasteiger partial charge < -0.3 is 0 Å². The van der Waals surface area contributed by atoms with E-state index in [4.69, 9.17) is 0 Å². The van der Waals surface area contributed by atoms with E-state index in [1.165, 1.54) is 18.4 Å². The fraction of sp³-hybridized carbons (Fsp3) is 0.429. The molecule has 0 saturated heterocycles. The standard InChI is InChI=1S/C7H9.Ti/c1-2-7-5-3-4-6-7;/h3,5H,2,4H2,1H3;. The normalized spacial score (nSPS) is 18.0. The molecule has 0 N–H and O–H groups in total. The van der Waals surface area contributed by atoms with Gasteiger partial charge in [-0.2, -0.15) is 0 Å².